The molecule has 19 heavy (non-hydrogen) atoms. The number of hydrogen-bond donors (Lipinski definition) is 0. The minimum atomic E-state index is -0.337. The Kier molecular flexibility index (Phi) is 2.55. The van der Waals surface area contributed by atoms with Gasteiger partial charge in [-0.2, -0.15) is 0 Å². The molecule has 104 valence electrons. The molecule has 3 fully saturated rings. The molecule has 4 aliphatic rings. The Hall–Kier alpha value is -0.870. The predicted octanol–water partition coefficient (Wildman–Crippen LogP) is 1.89. The van der Waals surface area contributed by atoms with E-state index in [0.717, 1.165) is 0 Å². The second kappa shape index (κ2) is 4.06. The Morgan fingerprint density at radius 2 is 2.21 bits per heavy atom. The number of ether oxygens (including phenoxy) is 3. The number of fused-ring (bicyclic) bond motifs is 2. The van der Waals surface area contributed by atoms with Crippen molar-refractivity contribution in [3.63, 3.8) is 0 Å². The second-order valence-corrected chi connectivity index (χ2v) is 6.04. The second-order valence-electron chi connectivity index (χ2n) is 6.04. The lowest BCUT2D eigenvalue weighted by atomic mass is 9.61. The van der Waals surface area contributed by atoms with Crippen LogP contribution in [0, 0.1) is 23.7 Å². The van der Waals surface area contributed by atoms with Gasteiger partial charge in [-0.1, -0.05) is 11.6 Å². The zero-order valence-electron chi connectivity index (χ0n) is 11.3. The van der Waals surface area contributed by atoms with Crippen molar-refractivity contribution in [2.75, 3.05) is 19.8 Å². The van der Waals surface area contributed by atoms with E-state index in [0.29, 0.717) is 49.9 Å². The highest BCUT2D eigenvalue weighted by Crippen LogP contribution is 2.68. The number of carbonyl (C=O) groups is 1. The Labute approximate surface area is 113 Å². The minimum absolute atomic E-state index is 0.0965. The highest BCUT2D eigenvalue weighted by molar-refractivity contribution is 5.73. The fourth-order valence-electron chi connectivity index (χ4n) is 4.82. The lowest BCUT2D eigenvalue weighted by Gasteiger charge is -2.53. The molecule has 1 aliphatic heterocycles. The molecule has 1 saturated heterocycles. The lowest BCUT2D eigenvalue weighted by molar-refractivity contribution is -0.298. The number of esters is 1. The standard InChI is InChI=1S/C15H20O4/c1-2-17-13(16)8-9-7-12-14-10(9)3-4-11(14)15(12)18-5-6-19-15/h7,10-12,14H,2-6,8H2,1H3. The fraction of sp³-hybridized carbons (Fsp3) is 0.800. The topological polar surface area (TPSA) is 44.8 Å². The molecule has 0 aromatic carbocycles. The van der Waals surface area contributed by atoms with E-state index in [1.54, 1.807) is 0 Å². The van der Waals surface area contributed by atoms with E-state index in [9.17, 15) is 4.79 Å². The molecule has 0 radical (unpaired) electrons. The van der Waals surface area contributed by atoms with Gasteiger partial charge in [0.15, 0.2) is 5.79 Å². The van der Waals surface area contributed by atoms with E-state index >= 15 is 0 Å². The molecule has 4 unspecified atom stereocenters. The lowest BCUT2D eigenvalue weighted by Crippen LogP contribution is -2.60. The van der Waals surface area contributed by atoms with Gasteiger partial charge in [-0.25, -0.2) is 0 Å². The van der Waals surface area contributed by atoms with Gasteiger partial charge in [-0.05, 0) is 31.6 Å². The molecular weight excluding hydrogens is 244 g/mol. The van der Waals surface area contributed by atoms with E-state index in [-0.39, 0.29) is 11.8 Å². The first-order valence-electron chi connectivity index (χ1n) is 7.40. The van der Waals surface area contributed by atoms with Crippen molar-refractivity contribution in [1.82, 2.24) is 0 Å². The van der Waals surface area contributed by atoms with Crippen molar-refractivity contribution < 1.29 is 19.0 Å². The number of hydrogen-bond acceptors (Lipinski definition) is 4. The van der Waals surface area contributed by atoms with Crippen LogP contribution >= 0.6 is 0 Å². The Bertz CT molecular complexity index is 435. The van der Waals surface area contributed by atoms with Gasteiger partial charge in [-0.3, -0.25) is 4.79 Å². The third-order valence-electron chi connectivity index (χ3n) is 5.38. The number of carbonyl (C=O) groups excluding carboxylic acids is 1. The van der Waals surface area contributed by atoms with Crippen molar-refractivity contribution in [3.8, 4) is 0 Å². The van der Waals surface area contributed by atoms with Gasteiger partial charge in [0, 0.05) is 11.8 Å². The van der Waals surface area contributed by atoms with Crippen molar-refractivity contribution in [2.45, 2.75) is 32.0 Å². The van der Waals surface area contributed by atoms with Gasteiger partial charge in [0.1, 0.15) is 0 Å². The van der Waals surface area contributed by atoms with Gasteiger partial charge in [0.2, 0.25) is 0 Å². The fourth-order valence-corrected chi connectivity index (χ4v) is 4.82. The molecular formula is C15H20O4. The van der Waals surface area contributed by atoms with Crippen molar-refractivity contribution >= 4 is 5.97 Å². The van der Waals surface area contributed by atoms with Crippen molar-refractivity contribution in [1.29, 1.82) is 0 Å². The molecule has 0 aromatic heterocycles. The average molecular weight is 264 g/mol. The first kappa shape index (κ1) is 11.9. The van der Waals surface area contributed by atoms with Crippen LogP contribution in [0.1, 0.15) is 26.2 Å². The van der Waals surface area contributed by atoms with E-state index in [2.05, 4.69) is 6.08 Å². The summed E-state index contributed by atoms with van der Waals surface area (Å²) in [7, 11) is 0. The zero-order chi connectivity index (χ0) is 13.0. The summed E-state index contributed by atoms with van der Waals surface area (Å²) >= 11 is 0. The highest BCUT2D eigenvalue weighted by atomic mass is 16.7. The molecule has 0 aromatic rings. The summed E-state index contributed by atoms with van der Waals surface area (Å²) in [5.41, 5.74) is 1.27. The molecule has 0 amide bonds. The molecule has 2 saturated carbocycles. The summed E-state index contributed by atoms with van der Waals surface area (Å²) < 4.78 is 17.0. The van der Waals surface area contributed by atoms with Crippen LogP contribution in [-0.2, 0) is 19.0 Å². The van der Waals surface area contributed by atoms with E-state index in [4.69, 9.17) is 14.2 Å². The van der Waals surface area contributed by atoms with Crippen LogP contribution in [0.5, 0.6) is 0 Å². The first-order valence-corrected chi connectivity index (χ1v) is 7.40. The van der Waals surface area contributed by atoms with Crippen LogP contribution in [-0.4, -0.2) is 31.6 Å². The summed E-state index contributed by atoms with van der Waals surface area (Å²) in [6.45, 7) is 3.74. The van der Waals surface area contributed by atoms with Crippen LogP contribution in [0.4, 0.5) is 0 Å². The first-order chi connectivity index (χ1) is 9.26. The maximum absolute atomic E-state index is 11.7. The van der Waals surface area contributed by atoms with Crippen LogP contribution in [0.15, 0.2) is 11.6 Å². The normalized spacial score (nSPS) is 41.0. The van der Waals surface area contributed by atoms with Crippen molar-refractivity contribution in [2.24, 2.45) is 23.7 Å². The molecule has 4 rings (SSSR count). The number of rotatable bonds is 3. The molecule has 0 N–H and O–H groups in total. The van der Waals surface area contributed by atoms with Crippen molar-refractivity contribution in [3.05, 3.63) is 11.6 Å². The summed E-state index contributed by atoms with van der Waals surface area (Å²) in [5.74, 6) is 1.70. The molecule has 3 aliphatic carbocycles. The van der Waals surface area contributed by atoms with E-state index in [1.807, 2.05) is 6.92 Å². The van der Waals surface area contributed by atoms with Crippen LogP contribution in [0.25, 0.3) is 0 Å². The molecule has 1 heterocycles. The summed E-state index contributed by atoms with van der Waals surface area (Å²) in [6.07, 6.45) is 5.05. The third kappa shape index (κ3) is 1.44. The molecule has 1 spiro atoms. The highest BCUT2D eigenvalue weighted by Gasteiger charge is 2.71. The SMILES string of the molecule is CCOC(=O)CC1=CC2C3C1CCC3C21OCCO1. The average Bonchev–Trinajstić information content (AvgIpc) is 3.02. The zero-order valence-corrected chi connectivity index (χ0v) is 11.3. The maximum Gasteiger partial charge on any atom is 0.309 e. The summed E-state index contributed by atoms with van der Waals surface area (Å²) in [5, 5.41) is 0. The minimum Gasteiger partial charge on any atom is -0.466 e. The summed E-state index contributed by atoms with van der Waals surface area (Å²) in [6, 6.07) is 0. The van der Waals surface area contributed by atoms with Crippen LogP contribution in [0.3, 0.4) is 0 Å². The van der Waals surface area contributed by atoms with Crippen LogP contribution < -0.4 is 0 Å². The quantitative estimate of drug-likeness (QED) is 0.577. The Balaban J connectivity index is 1.56. The van der Waals surface area contributed by atoms with Gasteiger partial charge in [-0.15, -0.1) is 0 Å². The smallest absolute Gasteiger partial charge is 0.309 e. The molecule has 0 bridgehead atoms. The molecule has 4 heteroatoms. The maximum atomic E-state index is 11.7. The molecule has 4 atom stereocenters. The molecule has 4 nitrogen and oxygen atoms in total. The van der Waals surface area contributed by atoms with Gasteiger partial charge in [0.25, 0.3) is 0 Å². The predicted molar refractivity (Wildman–Crippen MR) is 67.2 cm³/mol. The van der Waals surface area contributed by atoms with Crippen LogP contribution in [0.2, 0.25) is 0 Å². The Morgan fingerprint density at radius 1 is 1.42 bits per heavy atom. The summed E-state index contributed by atoms with van der Waals surface area (Å²) in [4.78, 5) is 11.7. The largest absolute Gasteiger partial charge is 0.466 e. The monoisotopic (exact) mass is 264 g/mol. The van der Waals surface area contributed by atoms with Gasteiger partial charge in [0.05, 0.1) is 26.2 Å². The Morgan fingerprint density at radius 3 is 2.95 bits per heavy atom. The third-order valence-corrected chi connectivity index (χ3v) is 5.38. The van der Waals surface area contributed by atoms with E-state index in [1.165, 1.54) is 18.4 Å². The van der Waals surface area contributed by atoms with E-state index < -0.39 is 0 Å². The van der Waals surface area contributed by atoms with Gasteiger partial charge < -0.3 is 14.2 Å². The van der Waals surface area contributed by atoms with Gasteiger partial charge >= 0.3 is 5.97 Å².